The molecule has 7 rings (SSSR count). The number of anilines is 1. The highest BCUT2D eigenvalue weighted by Gasteiger charge is 2.48. The Balaban J connectivity index is 1.50. The summed E-state index contributed by atoms with van der Waals surface area (Å²) in [6.45, 7) is 15.6. The van der Waals surface area contributed by atoms with E-state index in [0.29, 0.717) is 68.2 Å². The van der Waals surface area contributed by atoms with Crippen molar-refractivity contribution in [3.63, 3.8) is 0 Å². The molecule has 288 valence electrons. The minimum absolute atomic E-state index is 0.00831. The van der Waals surface area contributed by atoms with Gasteiger partial charge in [-0.25, -0.2) is 0 Å². The predicted molar refractivity (Wildman–Crippen MR) is 200 cm³/mol. The number of allylic oxidation sites excluding steroid dienone is 3. The van der Waals surface area contributed by atoms with E-state index in [9.17, 15) is 29.4 Å². The molecule has 0 aliphatic carbocycles. The van der Waals surface area contributed by atoms with Crippen LogP contribution in [0.25, 0.3) is 10.8 Å². The molecule has 12 heteroatoms. The van der Waals surface area contributed by atoms with Crippen molar-refractivity contribution in [3.8, 4) is 17.2 Å². The van der Waals surface area contributed by atoms with Crippen LogP contribution >= 0.6 is 0 Å². The van der Waals surface area contributed by atoms with Crippen LogP contribution in [0.5, 0.6) is 17.2 Å². The molecular weight excluding hydrogens is 679 g/mol. The van der Waals surface area contributed by atoms with E-state index >= 15 is 0 Å². The van der Waals surface area contributed by atoms with E-state index in [2.05, 4.69) is 29.0 Å². The molecule has 5 bridgehead atoms. The molecule has 3 unspecified atom stereocenters. The van der Waals surface area contributed by atoms with Gasteiger partial charge in [0.15, 0.2) is 17.0 Å². The molecule has 11 nitrogen and oxygen atoms in total. The number of hydrogen-bond donors (Lipinski definition) is 4. The number of rotatable bonds is 3. The summed E-state index contributed by atoms with van der Waals surface area (Å²) in [4.78, 5) is 45.3. The fourth-order valence-corrected chi connectivity index (χ4v) is 8.35. The number of Topliss-reactive ketones (excluding diaryl/α,β-unsaturated/α-hetero) is 1. The molecule has 1 spiro atoms. The van der Waals surface area contributed by atoms with Gasteiger partial charge in [0.05, 0.1) is 22.4 Å². The van der Waals surface area contributed by atoms with Crippen LogP contribution in [0, 0.1) is 24.7 Å². The molecule has 0 saturated carbocycles. The van der Waals surface area contributed by atoms with Crippen molar-refractivity contribution in [2.45, 2.75) is 123 Å². The number of nitrogens with one attached hydrogen (secondary N) is 1. The number of aliphatic hydroxyl groups excluding tert-OH is 1. The van der Waals surface area contributed by atoms with Crippen LogP contribution in [-0.4, -0.2) is 75.0 Å². The first-order valence-electron chi connectivity index (χ1n) is 19.2. The fraction of sp³-hybridized carbons (Fsp3) is 0.610. The van der Waals surface area contributed by atoms with Gasteiger partial charge in [-0.3, -0.25) is 19.6 Å². The van der Waals surface area contributed by atoms with Crippen molar-refractivity contribution >= 4 is 28.2 Å². The summed E-state index contributed by atoms with van der Waals surface area (Å²) in [7, 11) is 0. The quantitative estimate of drug-likeness (QED) is 0.269. The third-order valence-electron chi connectivity index (χ3n) is 11.8. The maximum absolute atomic E-state index is 14.6. The zero-order valence-electron chi connectivity index (χ0n) is 32.1. The largest absolute Gasteiger partial charge is 0.507 e. The molecule has 0 radical (unpaired) electrons. The normalized spacial score (nSPS) is 29.9. The van der Waals surface area contributed by atoms with Crippen molar-refractivity contribution < 1.29 is 39.1 Å². The molecule has 1 saturated heterocycles. The van der Waals surface area contributed by atoms with Crippen LogP contribution in [0.2, 0.25) is 0 Å². The van der Waals surface area contributed by atoms with Crippen LogP contribution in [0.1, 0.15) is 109 Å². The standard InChI is InChI=1S/C41H55FN4O7/c1-22(2)21-46-19-17-41(18-20-46)44-32-29-30-35(48)26(6)37-31(29)38(50)40(7,52-37)16-9-8-13-28(53-42)25(5)27(47)15-14-23(3)11-10-12-24(4)39(51)43-34(36(30)49)33(32)45-41/h10-12,22-23,25,27-28,47-49H,8-9,13-21H2,1-7H3,(H,43,51)/b11-10+,24-12-/t23?,25-,27?,28?,40-/m1/s1. The summed E-state index contributed by atoms with van der Waals surface area (Å²) in [6, 6.07) is 0. The maximum atomic E-state index is 14.6. The Labute approximate surface area is 310 Å². The fourth-order valence-electron chi connectivity index (χ4n) is 8.35. The summed E-state index contributed by atoms with van der Waals surface area (Å²) < 4.78 is 20.2. The summed E-state index contributed by atoms with van der Waals surface area (Å²) in [5, 5.41) is 38.3. The SMILES string of the molecule is C/C1=C/C=C/C(C)CCC(O)[C@@H](C)C(OF)CCCC[C@@]2(C)Oc3c(C)c(O)c4c(O)c(c5c(c4c3C2=O)=NC2(CCN(CC(C)C)CC2)N=5)NC1=O. The first kappa shape index (κ1) is 38.8. The Bertz CT molecular complexity index is 1970. The number of amides is 1. The summed E-state index contributed by atoms with van der Waals surface area (Å²) in [5.41, 5.74) is -1.30. The van der Waals surface area contributed by atoms with Gasteiger partial charge in [0.1, 0.15) is 28.6 Å². The number of hydrogen-bond acceptors (Lipinski definition) is 10. The van der Waals surface area contributed by atoms with Gasteiger partial charge in [-0.05, 0) is 69.2 Å². The molecule has 5 heterocycles. The smallest absolute Gasteiger partial charge is 0.251 e. The first-order chi connectivity index (χ1) is 25.1. The molecule has 5 atom stereocenters. The third kappa shape index (κ3) is 7.34. The predicted octanol–water partition coefficient (Wildman–Crippen LogP) is 6.29. The van der Waals surface area contributed by atoms with E-state index in [1.807, 2.05) is 13.0 Å². The minimum Gasteiger partial charge on any atom is -0.507 e. The van der Waals surface area contributed by atoms with E-state index in [-0.39, 0.29) is 56.1 Å². The van der Waals surface area contributed by atoms with Crippen LogP contribution in [-0.2, 0) is 9.74 Å². The van der Waals surface area contributed by atoms with Gasteiger partial charge in [0, 0.05) is 54.9 Å². The molecule has 1 fully saturated rings. The highest BCUT2D eigenvalue weighted by molar-refractivity contribution is 6.20. The van der Waals surface area contributed by atoms with E-state index in [1.165, 1.54) is 0 Å². The lowest BCUT2D eigenvalue weighted by atomic mass is 9.86. The topological polar surface area (TPSA) is 153 Å². The van der Waals surface area contributed by atoms with Gasteiger partial charge < -0.3 is 30.3 Å². The van der Waals surface area contributed by atoms with E-state index < -0.39 is 41.0 Å². The number of benzene rings is 2. The Morgan fingerprint density at radius 2 is 1.72 bits per heavy atom. The van der Waals surface area contributed by atoms with Crippen molar-refractivity contribution in [1.29, 1.82) is 0 Å². The lowest BCUT2D eigenvalue weighted by Gasteiger charge is -2.36. The Morgan fingerprint density at radius 3 is 2.40 bits per heavy atom. The number of aromatic hydroxyl groups is 2. The van der Waals surface area contributed by atoms with Crippen molar-refractivity contribution in [3.05, 3.63) is 45.6 Å². The second-order valence-corrected chi connectivity index (χ2v) is 16.5. The van der Waals surface area contributed by atoms with Gasteiger partial charge >= 0.3 is 0 Å². The van der Waals surface area contributed by atoms with Gasteiger partial charge in [0.25, 0.3) is 5.91 Å². The number of likely N-dealkylation sites (tertiary alicyclic amines) is 1. The molecule has 0 aromatic heterocycles. The number of phenols is 2. The number of fused-ring (bicyclic) bond motifs is 13. The van der Waals surface area contributed by atoms with Crippen molar-refractivity contribution in [2.75, 3.05) is 25.0 Å². The molecule has 4 N–H and O–H groups in total. The second kappa shape index (κ2) is 15.1. The minimum atomic E-state index is -1.31. The number of ketones is 1. The molecule has 2 aromatic carbocycles. The lowest BCUT2D eigenvalue weighted by molar-refractivity contribution is -0.207. The third-order valence-corrected chi connectivity index (χ3v) is 11.8. The molecule has 1 amide bonds. The Kier molecular flexibility index (Phi) is 11.1. The van der Waals surface area contributed by atoms with Crippen molar-refractivity contribution in [2.24, 2.45) is 27.7 Å². The summed E-state index contributed by atoms with van der Waals surface area (Å²) in [5.74, 6) is -1.14. The first-order valence-corrected chi connectivity index (χ1v) is 19.2. The van der Waals surface area contributed by atoms with Crippen LogP contribution in [0.15, 0.2) is 33.8 Å². The van der Waals surface area contributed by atoms with Gasteiger partial charge in [0.2, 0.25) is 5.78 Å². The van der Waals surface area contributed by atoms with Crippen LogP contribution in [0.3, 0.4) is 0 Å². The number of aliphatic hydroxyl groups is 1. The number of carbonyl (C=O) groups excluding carboxylic acids is 2. The average Bonchev–Trinajstić information content (AvgIpc) is 3.61. The highest BCUT2D eigenvalue weighted by atomic mass is 19.3. The van der Waals surface area contributed by atoms with E-state index in [4.69, 9.17) is 14.7 Å². The average molecular weight is 735 g/mol. The maximum Gasteiger partial charge on any atom is 0.251 e. The summed E-state index contributed by atoms with van der Waals surface area (Å²) >= 11 is 0. The highest BCUT2D eigenvalue weighted by Crippen LogP contribution is 2.50. The number of piperidine rings is 1. The molecule has 53 heavy (non-hydrogen) atoms. The number of ether oxygens (including phenoxy) is 1. The van der Waals surface area contributed by atoms with E-state index in [0.717, 1.165) is 19.6 Å². The van der Waals surface area contributed by atoms with Crippen LogP contribution in [0.4, 0.5) is 10.2 Å². The zero-order chi connectivity index (χ0) is 38.4. The van der Waals surface area contributed by atoms with Crippen LogP contribution < -0.4 is 20.8 Å². The number of carbonyl (C=O) groups is 2. The molecule has 2 aromatic rings. The number of phenolic OH excluding ortho intramolecular Hbond substituents is 2. The zero-order valence-corrected chi connectivity index (χ0v) is 32.1. The summed E-state index contributed by atoms with van der Waals surface area (Å²) in [6.07, 6.45) is 7.77. The van der Waals surface area contributed by atoms with Gasteiger partial charge in [-0.1, -0.05) is 52.3 Å². The van der Waals surface area contributed by atoms with Crippen molar-refractivity contribution in [1.82, 2.24) is 4.90 Å². The molecule has 5 aliphatic heterocycles. The lowest BCUT2D eigenvalue weighted by Crippen LogP contribution is -2.43. The van der Waals surface area contributed by atoms with Gasteiger partial charge in [-0.2, -0.15) is 4.94 Å². The Hall–Kier alpha value is -3.87. The molecular formula is C41H55FN4O7. The van der Waals surface area contributed by atoms with Gasteiger partial charge in [-0.15, -0.1) is 0 Å². The number of halogens is 1. The van der Waals surface area contributed by atoms with E-state index in [1.54, 1.807) is 39.8 Å². The number of nitrogens with zero attached hydrogens (tertiary/aromatic N) is 3. The molecule has 5 aliphatic rings. The monoisotopic (exact) mass is 734 g/mol. The second-order valence-electron chi connectivity index (χ2n) is 16.5. The Morgan fingerprint density at radius 1 is 1.02 bits per heavy atom.